The van der Waals surface area contributed by atoms with Crippen molar-refractivity contribution in [3.8, 4) is 5.75 Å². The quantitative estimate of drug-likeness (QED) is 0.823. The lowest BCUT2D eigenvalue weighted by Crippen LogP contribution is -2.15. The number of nitrogen functional groups attached to an aromatic ring is 1. The second-order valence-corrected chi connectivity index (χ2v) is 5.11. The predicted molar refractivity (Wildman–Crippen MR) is 83.7 cm³/mol. The van der Waals surface area contributed by atoms with E-state index in [0.717, 1.165) is 10.2 Å². The van der Waals surface area contributed by atoms with Crippen molar-refractivity contribution in [3.05, 3.63) is 53.0 Å². The van der Waals surface area contributed by atoms with Gasteiger partial charge in [0.25, 0.3) is 0 Å². The van der Waals surface area contributed by atoms with Gasteiger partial charge in [0.1, 0.15) is 5.75 Å². The average Bonchev–Trinajstić information content (AvgIpc) is 2.41. The van der Waals surface area contributed by atoms with Gasteiger partial charge in [0.05, 0.1) is 18.7 Å². The van der Waals surface area contributed by atoms with E-state index >= 15 is 0 Å². The first kappa shape index (κ1) is 14.4. The van der Waals surface area contributed by atoms with Gasteiger partial charge >= 0.3 is 0 Å². The third kappa shape index (κ3) is 4.28. The van der Waals surface area contributed by atoms with Crippen molar-refractivity contribution in [1.29, 1.82) is 0 Å². The number of ether oxygens (including phenoxy) is 1. The number of halogens is 1. The fraction of sp³-hybridized carbons (Fsp3) is 0.133. The van der Waals surface area contributed by atoms with Gasteiger partial charge in [0.15, 0.2) is 0 Å². The van der Waals surface area contributed by atoms with Crippen molar-refractivity contribution < 1.29 is 9.53 Å². The third-order valence-electron chi connectivity index (χ3n) is 2.61. The number of carbonyl (C=O) groups is 1. The highest BCUT2D eigenvalue weighted by Crippen LogP contribution is 2.20. The highest BCUT2D eigenvalue weighted by molar-refractivity contribution is 9.10. The molecule has 0 saturated heterocycles. The van der Waals surface area contributed by atoms with Gasteiger partial charge in [0.2, 0.25) is 5.91 Å². The van der Waals surface area contributed by atoms with Crippen molar-refractivity contribution in [2.24, 2.45) is 0 Å². The second-order valence-electron chi connectivity index (χ2n) is 4.19. The van der Waals surface area contributed by atoms with Crippen LogP contribution in [0, 0.1) is 0 Å². The molecule has 20 heavy (non-hydrogen) atoms. The summed E-state index contributed by atoms with van der Waals surface area (Å²) in [6.07, 6.45) is 0.265. The first-order valence-corrected chi connectivity index (χ1v) is 6.97. The first-order chi connectivity index (χ1) is 9.65. The molecule has 3 N–H and O–H groups in total. The SMILES string of the molecule is Nc1ccccc1OCCC(=O)Nc1cccc(Br)c1. The summed E-state index contributed by atoms with van der Waals surface area (Å²) in [4.78, 5) is 11.8. The fourth-order valence-corrected chi connectivity index (χ4v) is 2.05. The lowest BCUT2D eigenvalue weighted by atomic mass is 10.3. The van der Waals surface area contributed by atoms with E-state index in [1.807, 2.05) is 36.4 Å². The molecule has 0 bridgehead atoms. The maximum Gasteiger partial charge on any atom is 0.227 e. The summed E-state index contributed by atoms with van der Waals surface area (Å²) in [6, 6.07) is 14.7. The van der Waals surface area contributed by atoms with Crippen LogP contribution in [0.25, 0.3) is 0 Å². The van der Waals surface area contributed by atoms with E-state index in [-0.39, 0.29) is 18.9 Å². The Morgan fingerprint density at radius 1 is 1.20 bits per heavy atom. The van der Waals surface area contributed by atoms with E-state index in [2.05, 4.69) is 21.2 Å². The second kappa shape index (κ2) is 6.96. The molecule has 0 heterocycles. The van der Waals surface area contributed by atoms with Crippen LogP contribution >= 0.6 is 15.9 Å². The molecule has 0 radical (unpaired) electrons. The molecule has 2 aromatic rings. The zero-order valence-corrected chi connectivity index (χ0v) is 12.4. The van der Waals surface area contributed by atoms with Crippen molar-refractivity contribution in [2.45, 2.75) is 6.42 Å². The molecule has 0 aliphatic rings. The number of rotatable bonds is 5. The number of nitrogens with one attached hydrogen (secondary N) is 1. The highest BCUT2D eigenvalue weighted by Gasteiger charge is 2.04. The van der Waals surface area contributed by atoms with Gasteiger partial charge in [-0.2, -0.15) is 0 Å². The van der Waals surface area contributed by atoms with Crippen LogP contribution < -0.4 is 15.8 Å². The average molecular weight is 335 g/mol. The molecule has 0 atom stereocenters. The van der Waals surface area contributed by atoms with Gasteiger partial charge in [-0.25, -0.2) is 0 Å². The van der Waals surface area contributed by atoms with Crippen molar-refractivity contribution in [3.63, 3.8) is 0 Å². The van der Waals surface area contributed by atoms with Gasteiger partial charge in [-0.3, -0.25) is 4.79 Å². The van der Waals surface area contributed by atoms with Gasteiger partial charge in [0, 0.05) is 10.2 Å². The fourth-order valence-electron chi connectivity index (χ4n) is 1.66. The molecule has 0 fully saturated rings. The van der Waals surface area contributed by atoms with Crippen LogP contribution in [0.2, 0.25) is 0 Å². The molecule has 0 spiro atoms. The predicted octanol–water partition coefficient (Wildman–Crippen LogP) is 3.44. The minimum Gasteiger partial charge on any atom is -0.491 e. The van der Waals surface area contributed by atoms with Gasteiger partial charge in [-0.15, -0.1) is 0 Å². The Morgan fingerprint density at radius 3 is 2.75 bits per heavy atom. The number of hydrogen-bond donors (Lipinski definition) is 2. The van der Waals surface area contributed by atoms with Crippen molar-refractivity contribution in [2.75, 3.05) is 17.7 Å². The van der Waals surface area contributed by atoms with E-state index in [0.29, 0.717) is 11.4 Å². The van der Waals surface area contributed by atoms with Crippen LogP contribution in [-0.4, -0.2) is 12.5 Å². The van der Waals surface area contributed by atoms with Crippen molar-refractivity contribution in [1.82, 2.24) is 0 Å². The van der Waals surface area contributed by atoms with Crippen LogP contribution in [0.1, 0.15) is 6.42 Å². The normalized spacial score (nSPS) is 10.1. The largest absolute Gasteiger partial charge is 0.491 e. The molecule has 2 rings (SSSR count). The molecule has 104 valence electrons. The van der Waals surface area contributed by atoms with Crippen molar-refractivity contribution >= 4 is 33.2 Å². The molecule has 0 aliphatic heterocycles. The molecule has 0 unspecified atom stereocenters. The highest BCUT2D eigenvalue weighted by atomic mass is 79.9. The van der Waals surface area contributed by atoms with Crippen LogP contribution in [0.4, 0.5) is 11.4 Å². The zero-order valence-electron chi connectivity index (χ0n) is 10.8. The topological polar surface area (TPSA) is 64.3 Å². The van der Waals surface area contributed by atoms with Crippen LogP contribution in [-0.2, 0) is 4.79 Å². The Labute approximate surface area is 126 Å². The summed E-state index contributed by atoms with van der Waals surface area (Å²) in [5.41, 5.74) is 7.07. The maximum atomic E-state index is 11.8. The van der Waals surface area contributed by atoms with E-state index in [9.17, 15) is 4.79 Å². The maximum absolute atomic E-state index is 11.8. The number of hydrogen-bond acceptors (Lipinski definition) is 3. The van der Waals surface area contributed by atoms with Gasteiger partial charge in [-0.1, -0.05) is 34.1 Å². The molecule has 4 nitrogen and oxygen atoms in total. The Morgan fingerprint density at radius 2 is 2.00 bits per heavy atom. The van der Waals surface area contributed by atoms with E-state index in [1.165, 1.54) is 0 Å². The Hall–Kier alpha value is -2.01. The number of amides is 1. The van der Waals surface area contributed by atoms with E-state index < -0.39 is 0 Å². The summed E-state index contributed by atoms with van der Waals surface area (Å²) in [7, 11) is 0. The Kier molecular flexibility index (Phi) is 5.01. The van der Waals surface area contributed by atoms with Gasteiger partial charge < -0.3 is 15.8 Å². The first-order valence-electron chi connectivity index (χ1n) is 6.18. The summed E-state index contributed by atoms with van der Waals surface area (Å²) in [5, 5.41) is 2.80. The number of benzene rings is 2. The van der Waals surface area contributed by atoms with Crippen LogP contribution in [0.5, 0.6) is 5.75 Å². The summed E-state index contributed by atoms with van der Waals surface area (Å²) in [6.45, 7) is 0.286. The smallest absolute Gasteiger partial charge is 0.227 e. The number of carbonyl (C=O) groups excluding carboxylic acids is 1. The standard InChI is InChI=1S/C15H15BrN2O2/c16-11-4-3-5-12(10-11)18-15(19)8-9-20-14-7-2-1-6-13(14)17/h1-7,10H,8-9,17H2,(H,18,19). The van der Waals surface area contributed by atoms with Crippen LogP contribution in [0.15, 0.2) is 53.0 Å². The molecular formula is C15H15BrN2O2. The number of anilines is 2. The van der Waals surface area contributed by atoms with E-state index in [1.54, 1.807) is 12.1 Å². The molecular weight excluding hydrogens is 320 g/mol. The monoisotopic (exact) mass is 334 g/mol. The molecule has 0 aromatic heterocycles. The third-order valence-corrected chi connectivity index (χ3v) is 3.11. The van der Waals surface area contributed by atoms with E-state index in [4.69, 9.17) is 10.5 Å². The number of nitrogens with two attached hydrogens (primary N) is 1. The lowest BCUT2D eigenvalue weighted by Gasteiger charge is -2.09. The van der Waals surface area contributed by atoms with Gasteiger partial charge in [-0.05, 0) is 30.3 Å². The minimum atomic E-state index is -0.0994. The van der Waals surface area contributed by atoms with Crippen LogP contribution in [0.3, 0.4) is 0 Å². The summed E-state index contributed by atoms with van der Waals surface area (Å²) < 4.78 is 6.39. The Balaban J connectivity index is 1.80. The molecule has 2 aromatic carbocycles. The minimum absolute atomic E-state index is 0.0994. The number of para-hydroxylation sites is 2. The lowest BCUT2D eigenvalue weighted by molar-refractivity contribution is -0.116. The molecule has 0 saturated carbocycles. The summed E-state index contributed by atoms with van der Waals surface area (Å²) in [5.74, 6) is 0.500. The molecule has 5 heteroatoms. The molecule has 1 amide bonds. The summed E-state index contributed by atoms with van der Waals surface area (Å²) >= 11 is 3.35. The zero-order chi connectivity index (χ0) is 14.4. The molecule has 0 aliphatic carbocycles. The Bertz CT molecular complexity index is 602.